The summed E-state index contributed by atoms with van der Waals surface area (Å²) in [5, 5.41) is 2.54. The van der Waals surface area contributed by atoms with E-state index in [9.17, 15) is 18.8 Å². The Kier molecular flexibility index (Phi) is 6.54. The number of anilines is 1. The first-order valence-corrected chi connectivity index (χ1v) is 9.50. The van der Waals surface area contributed by atoms with Gasteiger partial charge < -0.3 is 14.8 Å². The average molecular weight is 427 g/mol. The molecular formula is C22H22FN3O5. The molecule has 0 saturated carbocycles. The fraction of sp³-hybridized carbons (Fsp3) is 0.227. The molecule has 0 bridgehead atoms. The van der Waals surface area contributed by atoms with Crippen molar-refractivity contribution in [3.05, 3.63) is 76.5 Å². The maximum absolute atomic E-state index is 12.9. The number of hydrogen-bond donors (Lipinski definition) is 1. The molecule has 0 radical (unpaired) electrons. The molecule has 0 aliphatic heterocycles. The second kappa shape index (κ2) is 9.29. The highest BCUT2D eigenvalue weighted by Gasteiger charge is 2.23. The normalized spacial score (nSPS) is 11.6. The van der Waals surface area contributed by atoms with Gasteiger partial charge in [-0.05, 0) is 50.2 Å². The molecule has 3 rings (SSSR count). The summed E-state index contributed by atoms with van der Waals surface area (Å²) in [6, 6.07) is 14.1. The van der Waals surface area contributed by atoms with E-state index in [-0.39, 0.29) is 11.4 Å². The van der Waals surface area contributed by atoms with E-state index < -0.39 is 36.0 Å². The first-order valence-electron chi connectivity index (χ1n) is 9.50. The third kappa shape index (κ3) is 5.00. The number of carbonyl (C=O) groups is 2. The van der Waals surface area contributed by atoms with Crippen molar-refractivity contribution in [3.8, 4) is 11.4 Å². The SMILES string of the molecule is Cc1c(NC(=O)C(C)OC(=O)COc2ccc(F)cc2)c(=O)n(-c2ccccc2)n1C. The van der Waals surface area contributed by atoms with Gasteiger partial charge >= 0.3 is 5.97 Å². The number of nitrogens with zero attached hydrogens (tertiary/aromatic N) is 2. The summed E-state index contributed by atoms with van der Waals surface area (Å²) >= 11 is 0. The van der Waals surface area contributed by atoms with E-state index in [1.54, 1.807) is 42.9 Å². The molecule has 162 valence electrons. The van der Waals surface area contributed by atoms with Gasteiger partial charge in [-0.15, -0.1) is 0 Å². The van der Waals surface area contributed by atoms with Crippen LogP contribution in [-0.4, -0.2) is 34.0 Å². The number of hydrogen-bond acceptors (Lipinski definition) is 5. The maximum Gasteiger partial charge on any atom is 0.344 e. The Balaban J connectivity index is 1.64. The number of ether oxygens (including phenoxy) is 2. The van der Waals surface area contributed by atoms with Gasteiger partial charge in [0, 0.05) is 7.05 Å². The molecule has 0 saturated heterocycles. The van der Waals surface area contributed by atoms with Crippen LogP contribution in [0.1, 0.15) is 12.6 Å². The van der Waals surface area contributed by atoms with Gasteiger partial charge in [0.25, 0.3) is 11.5 Å². The number of rotatable bonds is 7. The molecule has 0 spiro atoms. The highest BCUT2D eigenvalue weighted by Crippen LogP contribution is 2.15. The molecule has 1 N–H and O–H groups in total. The largest absolute Gasteiger partial charge is 0.482 e. The van der Waals surface area contributed by atoms with Crippen molar-refractivity contribution in [2.45, 2.75) is 20.0 Å². The molecule has 1 heterocycles. The number of benzene rings is 2. The van der Waals surface area contributed by atoms with Gasteiger partial charge in [-0.25, -0.2) is 13.9 Å². The van der Waals surface area contributed by atoms with Crippen LogP contribution in [-0.2, 0) is 21.4 Å². The third-order valence-corrected chi connectivity index (χ3v) is 4.65. The predicted molar refractivity (Wildman–Crippen MR) is 112 cm³/mol. The van der Waals surface area contributed by atoms with Crippen LogP contribution in [0.15, 0.2) is 59.4 Å². The van der Waals surface area contributed by atoms with Crippen LogP contribution in [0, 0.1) is 12.7 Å². The number of amides is 1. The summed E-state index contributed by atoms with van der Waals surface area (Å²) in [6.07, 6.45) is -1.16. The molecule has 3 aromatic rings. The van der Waals surface area contributed by atoms with E-state index in [0.29, 0.717) is 11.4 Å². The van der Waals surface area contributed by atoms with Crippen molar-refractivity contribution in [1.82, 2.24) is 9.36 Å². The van der Waals surface area contributed by atoms with Crippen LogP contribution in [0.25, 0.3) is 5.69 Å². The van der Waals surface area contributed by atoms with Gasteiger partial charge in [-0.3, -0.25) is 14.3 Å². The number of nitrogens with one attached hydrogen (secondary N) is 1. The van der Waals surface area contributed by atoms with Crippen molar-refractivity contribution in [2.24, 2.45) is 7.05 Å². The minimum absolute atomic E-state index is 0.0989. The van der Waals surface area contributed by atoms with Crippen molar-refractivity contribution < 1.29 is 23.5 Å². The number of halogens is 1. The molecule has 9 heteroatoms. The Labute approximate surface area is 177 Å². The molecule has 8 nitrogen and oxygen atoms in total. The van der Waals surface area contributed by atoms with E-state index in [0.717, 1.165) is 0 Å². The minimum Gasteiger partial charge on any atom is -0.482 e. The average Bonchev–Trinajstić information content (AvgIpc) is 2.97. The summed E-state index contributed by atoms with van der Waals surface area (Å²) in [4.78, 5) is 37.3. The fourth-order valence-electron chi connectivity index (χ4n) is 2.89. The topological polar surface area (TPSA) is 91.6 Å². The monoisotopic (exact) mass is 427 g/mol. The van der Waals surface area contributed by atoms with Crippen molar-refractivity contribution in [1.29, 1.82) is 0 Å². The number of carbonyl (C=O) groups excluding carboxylic acids is 2. The van der Waals surface area contributed by atoms with Crippen LogP contribution in [0.2, 0.25) is 0 Å². The van der Waals surface area contributed by atoms with E-state index in [4.69, 9.17) is 9.47 Å². The highest BCUT2D eigenvalue weighted by atomic mass is 19.1. The van der Waals surface area contributed by atoms with E-state index in [1.807, 2.05) is 6.07 Å². The molecular weight excluding hydrogens is 405 g/mol. The lowest BCUT2D eigenvalue weighted by Gasteiger charge is -2.13. The summed E-state index contributed by atoms with van der Waals surface area (Å²) in [5.74, 6) is -1.57. The van der Waals surface area contributed by atoms with Gasteiger partial charge in [0.1, 0.15) is 17.3 Å². The van der Waals surface area contributed by atoms with E-state index in [2.05, 4.69) is 5.32 Å². The minimum atomic E-state index is -1.16. The van der Waals surface area contributed by atoms with Gasteiger partial charge in [0.2, 0.25) is 0 Å². The van der Waals surface area contributed by atoms with Gasteiger partial charge in [-0.1, -0.05) is 18.2 Å². The Hall–Kier alpha value is -3.88. The van der Waals surface area contributed by atoms with Crippen LogP contribution < -0.4 is 15.6 Å². The zero-order valence-electron chi connectivity index (χ0n) is 17.3. The Morgan fingerprint density at radius 2 is 1.74 bits per heavy atom. The summed E-state index contributed by atoms with van der Waals surface area (Å²) < 4.78 is 26.2. The van der Waals surface area contributed by atoms with Crippen molar-refractivity contribution >= 4 is 17.6 Å². The van der Waals surface area contributed by atoms with Crippen LogP contribution in [0.5, 0.6) is 5.75 Å². The van der Waals surface area contributed by atoms with Crippen LogP contribution in [0.3, 0.4) is 0 Å². The number of para-hydroxylation sites is 1. The van der Waals surface area contributed by atoms with Crippen molar-refractivity contribution in [3.63, 3.8) is 0 Å². The van der Waals surface area contributed by atoms with Gasteiger partial charge in [-0.2, -0.15) is 0 Å². The number of aromatic nitrogens is 2. The highest BCUT2D eigenvalue weighted by molar-refractivity contribution is 5.95. The fourth-order valence-corrected chi connectivity index (χ4v) is 2.89. The molecule has 2 aromatic carbocycles. The molecule has 1 amide bonds. The first-order chi connectivity index (χ1) is 14.8. The van der Waals surface area contributed by atoms with E-state index >= 15 is 0 Å². The summed E-state index contributed by atoms with van der Waals surface area (Å²) in [5.41, 5.74) is 0.885. The molecule has 1 atom stereocenters. The lowest BCUT2D eigenvalue weighted by atomic mass is 10.3. The van der Waals surface area contributed by atoms with Gasteiger partial charge in [0.05, 0.1) is 11.4 Å². The molecule has 1 unspecified atom stereocenters. The molecule has 0 aliphatic carbocycles. The smallest absolute Gasteiger partial charge is 0.344 e. The third-order valence-electron chi connectivity index (χ3n) is 4.65. The standard InChI is InChI=1S/C22H22FN3O5/c1-14-20(22(29)26(25(14)3)17-7-5-4-6-8-17)24-21(28)15(2)31-19(27)13-30-18-11-9-16(23)10-12-18/h4-12,15H,13H2,1-3H3,(H,24,28). The van der Waals surface area contributed by atoms with Crippen LogP contribution >= 0.6 is 0 Å². The first kappa shape index (κ1) is 21.8. The summed E-state index contributed by atoms with van der Waals surface area (Å²) in [6.45, 7) is 2.64. The Morgan fingerprint density at radius 3 is 2.39 bits per heavy atom. The molecule has 0 fully saturated rings. The van der Waals surface area contributed by atoms with Gasteiger partial charge in [0.15, 0.2) is 12.7 Å². The second-order valence-electron chi connectivity index (χ2n) is 6.80. The zero-order chi connectivity index (χ0) is 22.5. The van der Waals surface area contributed by atoms with Crippen LogP contribution in [0.4, 0.5) is 10.1 Å². The zero-order valence-corrected chi connectivity index (χ0v) is 17.3. The predicted octanol–water partition coefficient (Wildman–Crippen LogP) is 2.57. The Bertz CT molecular complexity index is 1140. The van der Waals surface area contributed by atoms with Crippen molar-refractivity contribution in [2.75, 3.05) is 11.9 Å². The lowest BCUT2D eigenvalue weighted by Crippen LogP contribution is -2.33. The lowest BCUT2D eigenvalue weighted by molar-refractivity contribution is -0.155. The quantitative estimate of drug-likeness (QED) is 0.585. The molecule has 31 heavy (non-hydrogen) atoms. The maximum atomic E-state index is 12.9. The Morgan fingerprint density at radius 1 is 1.10 bits per heavy atom. The second-order valence-corrected chi connectivity index (χ2v) is 6.80. The number of esters is 1. The molecule has 1 aromatic heterocycles. The summed E-state index contributed by atoms with van der Waals surface area (Å²) in [7, 11) is 1.70. The van der Waals surface area contributed by atoms with E-state index in [1.165, 1.54) is 35.9 Å². The molecule has 0 aliphatic rings.